The Bertz CT molecular complexity index is 5140. The van der Waals surface area contributed by atoms with Crippen LogP contribution < -0.4 is 28.7 Å². The van der Waals surface area contributed by atoms with Gasteiger partial charge in [0.25, 0.3) is 23.6 Å². The van der Waals surface area contributed by atoms with E-state index >= 15 is 19.2 Å². The van der Waals surface area contributed by atoms with E-state index in [0.717, 1.165) is 76.8 Å². The molecule has 4 amide bonds. The van der Waals surface area contributed by atoms with Gasteiger partial charge in [0, 0.05) is 43.1 Å². The topological polar surface area (TPSA) is 112 Å². The van der Waals surface area contributed by atoms with Crippen LogP contribution in [-0.2, 0) is 0 Å². The number of carbonyl (C=O) groups excluding carboxylic acids is 4. The number of hydrogen-bond acceptors (Lipinski definition) is 8. The SMILES string of the molecule is CC(C)c1cccc(C(C)C)c1Oc1cc2c3c(cc(Oc4c(C(C)C)cccc4C(C)C)c4c5ccc6c7c(Oc8c(C(C)C)cccc8C(C)C)cc8c9c(cc(Oc%10c(C(C)C)cccc%10C(C)C)c(c%10ccc(c1c34)c5c%106)c97)C(=O)N(c1ccccc1)C8=O)C(=O)N(c1ccccc1)C2=O. The van der Waals surface area contributed by atoms with Gasteiger partial charge in [-0.2, -0.15) is 0 Å². The first-order valence-corrected chi connectivity index (χ1v) is 37.0. The highest BCUT2D eigenvalue weighted by molar-refractivity contribution is 6.49. The fourth-order valence-corrected chi connectivity index (χ4v) is 16.7. The molecule has 14 aromatic rings. The van der Waals surface area contributed by atoms with Gasteiger partial charge in [0.1, 0.15) is 46.0 Å². The quantitative estimate of drug-likeness (QED) is 0.0474. The molecule has 0 fully saturated rings. The van der Waals surface area contributed by atoms with E-state index in [1.165, 1.54) is 9.80 Å². The predicted molar refractivity (Wildman–Crippen MR) is 425 cm³/mol. The lowest BCUT2D eigenvalue weighted by Crippen LogP contribution is -2.40. The number of carbonyl (C=O) groups is 4. The van der Waals surface area contributed by atoms with E-state index in [0.29, 0.717) is 123 Å². The molecule has 10 heteroatoms. The van der Waals surface area contributed by atoms with Gasteiger partial charge in [-0.3, -0.25) is 19.2 Å². The molecular weight excluding hydrogens is 1290 g/mol. The Morgan fingerprint density at radius 3 is 0.615 bits per heavy atom. The summed E-state index contributed by atoms with van der Waals surface area (Å²) in [7, 11) is 0. The maximum Gasteiger partial charge on any atom is 0.266 e. The molecule has 0 aliphatic carbocycles. The molecule has 2 aliphatic rings. The first-order chi connectivity index (χ1) is 49.9. The molecule has 0 aromatic heterocycles. The second-order valence-corrected chi connectivity index (χ2v) is 31.0. The van der Waals surface area contributed by atoms with E-state index in [2.05, 4.69) is 208 Å². The van der Waals surface area contributed by atoms with E-state index in [1.54, 1.807) is 24.3 Å². The van der Waals surface area contributed by atoms with Gasteiger partial charge in [-0.15, -0.1) is 0 Å². The highest BCUT2D eigenvalue weighted by atomic mass is 16.5. The maximum atomic E-state index is 16.0. The van der Waals surface area contributed by atoms with Gasteiger partial charge in [-0.05, 0) is 173 Å². The maximum absolute atomic E-state index is 16.0. The average molecular weight is 1370 g/mol. The third kappa shape index (κ3) is 10.3. The molecule has 14 aromatic carbocycles. The van der Waals surface area contributed by atoms with Crippen LogP contribution in [-0.4, -0.2) is 23.6 Å². The smallest absolute Gasteiger partial charge is 0.266 e. The Balaban J connectivity index is 1.15. The van der Waals surface area contributed by atoms with Gasteiger partial charge < -0.3 is 18.9 Å². The largest absolute Gasteiger partial charge is 0.456 e. The van der Waals surface area contributed by atoms with E-state index in [9.17, 15) is 0 Å². The monoisotopic (exact) mass is 1370 g/mol. The number of amides is 4. The molecule has 0 bridgehead atoms. The minimum atomic E-state index is -0.478. The summed E-state index contributed by atoms with van der Waals surface area (Å²) in [6.07, 6.45) is 0. The van der Waals surface area contributed by atoms with Crippen LogP contribution in [0.3, 0.4) is 0 Å². The first-order valence-electron chi connectivity index (χ1n) is 37.0. The Morgan fingerprint density at radius 2 is 0.423 bits per heavy atom. The Hall–Kier alpha value is -11.1. The highest BCUT2D eigenvalue weighted by Crippen LogP contribution is 2.59. The number of fused-ring (bicyclic) bond motifs is 4. The number of imide groups is 2. The zero-order chi connectivity index (χ0) is 72.9. The van der Waals surface area contributed by atoms with Gasteiger partial charge in [0.2, 0.25) is 0 Å². The molecule has 2 heterocycles. The summed E-state index contributed by atoms with van der Waals surface area (Å²) >= 11 is 0. The molecule has 0 N–H and O–H groups in total. The fraction of sp³-hybridized carbons (Fsp3) is 0.255. The lowest BCUT2D eigenvalue weighted by atomic mass is 9.79. The highest BCUT2D eigenvalue weighted by Gasteiger charge is 2.42. The normalized spacial score (nSPS) is 13.5. The molecule has 16 rings (SSSR count). The summed E-state index contributed by atoms with van der Waals surface area (Å²) in [5, 5.41) is 9.93. The molecule has 0 unspecified atom stereocenters. The van der Waals surface area contributed by atoms with E-state index in [1.807, 2.05) is 60.7 Å². The van der Waals surface area contributed by atoms with Crippen LogP contribution in [0.15, 0.2) is 182 Å². The number of nitrogens with zero attached hydrogens (tertiary/aromatic N) is 2. The van der Waals surface area contributed by atoms with Crippen LogP contribution in [0.25, 0.3) is 75.4 Å². The second kappa shape index (κ2) is 25.4. The van der Waals surface area contributed by atoms with Crippen molar-refractivity contribution in [2.75, 3.05) is 9.80 Å². The Labute approximate surface area is 607 Å². The number of hydrogen-bond donors (Lipinski definition) is 0. The van der Waals surface area contributed by atoms with Gasteiger partial charge in [0.15, 0.2) is 0 Å². The summed E-state index contributed by atoms with van der Waals surface area (Å²) in [5.41, 5.74) is 10.1. The first kappa shape index (κ1) is 67.4. The van der Waals surface area contributed by atoms with Crippen LogP contribution in [0.4, 0.5) is 11.4 Å². The van der Waals surface area contributed by atoms with Crippen molar-refractivity contribution in [1.29, 1.82) is 0 Å². The summed E-state index contributed by atoms with van der Waals surface area (Å²) in [5.74, 6) is 2.91. The second-order valence-electron chi connectivity index (χ2n) is 31.0. The number of benzene rings is 14. The van der Waals surface area contributed by atoms with Crippen molar-refractivity contribution in [3.8, 4) is 46.0 Å². The van der Waals surface area contributed by atoms with Crippen molar-refractivity contribution in [3.63, 3.8) is 0 Å². The lowest BCUT2D eigenvalue weighted by Gasteiger charge is -2.32. The van der Waals surface area contributed by atoms with Crippen LogP contribution in [0.5, 0.6) is 46.0 Å². The predicted octanol–water partition coefficient (Wildman–Crippen LogP) is 26.4. The minimum absolute atomic E-state index is 0.0365. The van der Waals surface area contributed by atoms with Crippen LogP contribution >= 0.6 is 0 Å². The van der Waals surface area contributed by atoms with Gasteiger partial charge in [-0.25, -0.2) is 9.80 Å². The van der Waals surface area contributed by atoms with Crippen molar-refractivity contribution in [2.45, 2.75) is 158 Å². The van der Waals surface area contributed by atoms with Crippen molar-refractivity contribution >= 4 is 110 Å². The number of anilines is 2. The zero-order valence-electron chi connectivity index (χ0n) is 62.1. The van der Waals surface area contributed by atoms with E-state index < -0.39 is 23.6 Å². The summed E-state index contributed by atoms with van der Waals surface area (Å²) < 4.78 is 31.2. The molecule has 2 aliphatic heterocycles. The van der Waals surface area contributed by atoms with Crippen LogP contribution in [0.1, 0.15) is 244 Å². The van der Waals surface area contributed by atoms with Crippen molar-refractivity contribution in [2.24, 2.45) is 0 Å². The number of para-hydroxylation sites is 6. The molecule has 0 radical (unpaired) electrons. The molecule has 520 valence electrons. The van der Waals surface area contributed by atoms with Crippen LogP contribution in [0, 0.1) is 0 Å². The van der Waals surface area contributed by atoms with Gasteiger partial charge >= 0.3 is 0 Å². The lowest BCUT2D eigenvalue weighted by molar-refractivity contribution is 0.0877. The molecule has 10 nitrogen and oxygen atoms in total. The standard InChI is InChI=1S/C94H86N2O8/c1-47(2)57-31-23-32-58(48(3)4)87(57)101-73-43-69-79-70(92(98)95(91(69)97)55-27-19-17-20-28-55)44-74(102-88-59(49(5)6)33-24-34-60(88)50(7)8)82-66-41-42-68-78-67(40-39-65(77(66)78)81(73)85(79)82)83-75(103-89-61(51(9)10)35-25-36-62(89)52(11)12)45-71-80-72(94(100)96(93(71)99)56-29-21-18-22-30-56)46-76(84(68)86(80)83)104-90-63(53(13)14)37-26-38-64(90)54(15)16/h17-54H,1-16H3. The van der Waals surface area contributed by atoms with E-state index in [-0.39, 0.29) is 47.3 Å². The summed E-state index contributed by atoms with van der Waals surface area (Å²) in [6.45, 7) is 34.7. The summed E-state index contributed by atoms with van der Waals surface area (Å²) in [4.78, 5) is 66.6. The molecule has 0 atom stereocenters. The average Bonchev–Trinajstić information content (AvgIpc) is 0.674. The van der Waals surface area contributed by atoms with Crippen LogP contribution in [0.2, 0.25) is 0 Å². The molecule has 0 saturated carbocycles. The van der Waals surface area contributed by atoms with E-state index in [4.69, 9.17) is 18.9 Å². The molecular formula is C94H86N2O8. The van der Waals surface area contributed by atoms with Gasteiger partial charge in [0.05, 0.1) is 33.6 Å². The zero-order valence-corrected chi connectivity index (χ0v) is 62.1. The third-order valence-corrected chi connectivity index (χ3v) is 21.8. The Morgan fingerprint density at radius 1 is 0.221 bits per heavy atom. The van der Waals surface area contributed by atoms with Crippen molar-refractivity contribution < 1.29 is 38.1 Å². The number of rotatable bonds is 18. The minimum Gasteiger partial charge on any atom is -0.456 e. The van der Waals surface area contributed by atoms with Gasteiger partial charge in [-0.1, -0.05) is 244 Å². The third-order valence-electron chi connectivity index (χ3n) is 21.8. The number of ether oxygens (including phenoxy) is 4. The van der Waals surface area contributed by atoms with Crippen molar-refractivity contribution in [1.82, 2.24) is 0 Å². The molecule has 0 spiro atoms. The fourth-order valence-electron chi connectivity index (χ4n) is 16.7. The van der Waals surface area contributed by atoms with Crippen molar-refractivity contribution in [3.05, 3.63) is 249 Å². The Kier molecular flexibility index (Phi) is 16.5. The molecule has 104 heavy (non-hydrogen) atoms. The molecule has 0 saturated heterocycles. The summed E-state index contributed by atoms with van der Waals surface area (Å²) in [6, 6.07) is 59.8.